The first kappa shape index (κ1) is 20.4. The van der Waals surface area contributed by atoms with Gasteiger partial charge in [-0.25, -0.2) is 0 Å². The van der Waals surface area contributed by atoms with Crippen molar-refractivity contribution in [1.29, 1.82) is 0 Å². The van der Waals surface area contributed by atoms with Crippen molar-refractivity contribution in [1.82, 2.24) is 15.0 Å². The summed E-state index contributed by atoms with van der Waals surface area (Å²) in [6.07, 6.45) is 9.51. The minimum Gasteiger partial charge on any atom is -0.396 e. The number of aliphatic hydroxyl groups excluding tert-OH is 1. The Labute approximate surface area is 146 Å². The van der Waals surface area contributed by atoms with E-state index in [1.807, 2.05) is 38.0 Å². The molecule has 138 valence electrons. The fraction of sp³-hybridized carbons (Fsp3) is 0.824. The fourth-order valence-corrected chi connectivity index (χ4v) is 2.33. The van der Waals surface area contributed by atoms with Crippen LogP contribution in [0, 0.1) is 0 Å². The predicted molar refractivity (Wildman–Crippen MR) is 101 cm³/mol. The molecule has 0 radical (unpaired) electrons. The number of aliphatic hydroxyl groups is 1. The summed E-state index contributed by atoms with van der Waals surface area (Å²) in [4.78, 5) is 17.1. The molecule has 1 aromatic heterocycles. The lowest BCUT2D eigenvalue weighted by Crippen LogP contribution is -2.20. The van der Waals surface area contributed by atoms with Crippen LogP contribution < -0.4 is 15.1 Å². The second kappa shape index (κ2) is 11.8. The van der Waals surface area contributed by atoms with Gasteiger partial charge in [-0.05, 0) is 12.8 Å². The van der Waals surface area contributed by atoms with E-state index in [1.165, 1.54) is 32.1 Å². The van der Waals surface area contributed by atoms with Gasteiger partial charge in [0.05, 0.1) is 0 Å². The van der Waals surface area contributed by atoms with Gasteiger partial charge in [0.2, 0.25) is 17.8 Å². The number of rotatable bonds is 13. The summed E-state index contributed by atoms with van der Waals surface area (Å²) < 4.78 is 0. The van der Waals surface area contributed by atoms with Crippen LogP contribution in [-0.2, 0) is 0 Å². The molecule has 0 aliphatic carbocycles. The highest BCUT2D eigenvalue weighted by Gasteiger charge is 2.09. The van der Waals surface area contributed by atoms with Crippen LogP contribution in [0.4, 0.5) is 17.8 Å². The van der Waals surface area contributed by atoms with Crippen molar-refractivity contribution in [2.24, 2.45) is 0 Å². The van der Waals surface area contributed by atoms with Gasteiger partial charge in [-0.2, -0.15) is 15.0 Å². The molecule has 0 unspecified atom stereocenters. The molecule has 0 saturated carbocycles. The van der Waals surface area contributed by atoms with Gasteiger partial charge < -0.3 is 20.2 Å². The monoisotopic (exact) mass is 338 g/mol. The lowest BCUT2D eigenvalue weighted by molar-refractivity contribution is 0.282. The Hall–Kier alpha value is -1.63. The summed E-state index contributed by atoms with van der Waals surface area (Å²) in [5.74, 6) is 1.97. The van der Waals surface area contributed by atoms with Crippen LogP contribution in [0.1, 0.15) is 51.4 Å². The maximum atomic E-state index is 8.73. The first-order chi connectivity index (χ1) is 11.5. The Bertz CT molecular complexity index is 426. The summed E-state index contributed by atoms with van der Waals surface area (Å²) in [5.41, 5.74) is 0. The molecular weight excluding hydrogens is 304 g/mol. The molecule has 2 N–H and O–H groups in total. The van der Waals surface area contributed by atoms with Gasteiger partial charge in [0, 0.05) is 41.3 Å². The maximum Gasteiger partial charge on any atom is 0.231 e. The van der Waals surface area contributed by atoms with Gasteiger partial charge >= 0.3 is 0 Å². The number of unbranched alkanes of at least 4 members (excludes halogenated alkanes) is 7. The van der Waals surface area contributed by atoms with Gasteiger partial charge in [-0.3, -0.25) is 0 Å². The smallest absolute Gasteiger partial charge is 0.231 e. The molecule has 0 amide bonds. The highest BCUT2D eigenvalue weighted by atomic mass is 16.2. The van der Waals surface area contributed by atoms with E-state index in [0.717, 1.165) is 25.8 Å². The molecule has 0 fully saturated rings. The van der Waals surface area contributed by atoms with Crippen LogP contribution in [0.15, 0.2) is 0 Å². The van der Waals surface area contributed by atoms with Crippen LogP contribution in [0.5, 0.6) is 0 Å². The van der Waals surface area contributed by atoms with E-state index in [9.17, 15) is 0 Å². The van der Waals surface area contributed by atoms with E-state index in [4.69, 9.17) is 5.11 Å². The highest BCUT2D eigenvalue weighted by molar-refractivity contribution is 5.43. The van der Waals surface area contributed by atoms with E-state index < -0.39 is 0 Å². The van der Waals surface area contributed by atoms with Gasteiger partial charge in [0.15, 0.2) is 0 Å². The van der Waals surface area contributed by atoms with Crippen LogP contribution in [0.25, 0.3) is 0 Å². The van der Waals surface area contributed by atoms with Gasteiger partial charge in [-0.15, -0.1) is 0 Å². The zero-order valence-corrected chi connectivity index (χ0v) is 15.8. The molecule has 24 heavy (non-hydrogen) atoms. The first-order valence-electron chi connectivity index (χ1n) is 9.00. The van der Waals surface area contributed by atoms with Gasteiger partial charge in [-0.1, -0.05) is 38.5 Å². The van der Waals surface area contributed by atoms with E-state index >= 15 is 0 Å². The van der Waals surface area contributed by atoms with Crippen LogP contribution in [0.2, 0.25) is 0 Å². The van der Waals surface area contributed by atoms with Crippen molar-refractivity contribution in [2.75, 3.05) is 56.5 Å². The minimum absolute atomic E-state index is 0.327. The summed E-state index contributed by atoms with van der Waals surface area (Å²) in [7, 11) is 7.72. The standard InChI is InChI=1S/C17H34N6O/c1-22(2)16-19-15(20-17(21-16)23(3)4)18-13-11-9-7-5-6-8-10-12-14-24/h24H,5-14H2,1-4H3,(H,18,19,20,21). The Balaban J connectivity index is 2.25. The van der Waals surface area contributed by atoms with E-state index in [2.05, 4.69) is 20.3 Å². The Kier molecular flexibility index (Phi) is 10.1. The lowest BCUT2D eigenvalue weighted by Gasteiger charge is -2.16. The quantitative estimate of drug-likeness (QED) is 0.535. The summed E-state index contributed by atoms with van der Waals surface area (Å²) in [6, 6.07) is 0. The SMILES string of the molecule is CN(C)c1nc(NCCCCCCCCCCO)nc(N(C)C)n1. The fourth-order valence-electron chi connectivity index (χ4n) is 2.33. The molecule has 0 aromatic carbocycles. The topological polar surface area (TPSA) is 77.4 Å². The van der Waals surface area contributed by atoms with E-state index in [0.29, 0.717) is 24.5 Å². The summed E-state index contributed by atoms with van der Waals surface area (Å²) in [6.45, 7) is 1.21. The van der Waals surface area contributed by atoms with Gasteiger partial charge in [0.1, 0.15) is 0 Å². The largest absolute Gasteiger partial charge is 0.396 e. The molecule has 0 aliphatic rings. The highest BCUT2D eigenvalue weighted by Crippen LogP contribution is 2.13. The number of nitrogens with one attached hydrogen (secondary N) is 1. The van der Waals surface area contributed by atoms with Crippen molar-refractivity contribution in [3.05, 3.63) is 0 Å². The molecule has 0 aliphatic heterocycles. The number of hydrogen-bond donors (Lipinski definition) is 2. The molecule has 1 aromatic rings. The van der Waals surface area contributed by atoms with Gasteiger partial charge in [0.25, 0.3) is 0 Å². The maximum absolute atomic E-state index is 8.73. The molecular formula is C17H34N6O. The lowest BCUT2D eigenvalue weighted by atomic mass is 10.1. The molecule has 7 nitrogen and oxygen atoms in total. The van der Waals surface area contributed by atoms with E-state index in [-0.39, 0.29) is 0 Å². The predicted octanol–water partition coefficient (Wildman–Crippen LogP) is 2.53. The number of hydrogen-bond acceptors (Lipinski definition) is 7. The third kappa shape index (κ3) is 8.29. The van der Waals surface area contributed by atoms with Crippen molar-refractivity contribution in [2.45, 2.75) is 51.4 Å². The van der Waals surface area contributed by atoms with Crippen LogP contribution >= 0.6 is 0 Å². The molecule has 1 rings (SSSR count). The van der Waals surface area contributed by atoms with Crippen LogP contribution in [-0.4, -0.2) is 61.4 Å². The number of nitrogens with zero attached hydrogens (tertiary/aromatic N) is 5. The van der Waals surface area contributed by atoms with Crippen LogP contribution in [0.3, 0.4) is 0 Å². The summed E-state index contributed by atoms with van der Waals surface area (Å²) >= 11 is 0. The second-order valence-electron chi connectivity index (χ2n) is 6.53. The van der Waals surface area contributed by atoms with Crippen molar-refractivity contribution in [3.8, 4) is 0 Å². The third-order valence-electron chi connectivity index (χ3n) is 3.78. The number of aromatic nitrogens is 3. The third-order valence-corrected chi connectivity index (χ3v) is 3.78. The second-order valence-corrected chi connectivity index (χ2v) is 6.53. The summed E-state index contributed by atoms with van der Waals surface area (Å²) in [5, 5.41) is 12.0. The number of anilines is 3. The zero-order chi connectivity index (χ0) is 17.8. The first-order valence-corrected chi connectivity index (χ1v) is 9.00. The van der Waals surface area contributed by atoms with Crippen molar-refractivity contribution in [3.63, 3.8) is 0 Å². The molecule has 0 atom stereocenters. The minimum atomic E-state index is 0.327. The Morgan fingerprint density at radius 3 is 1.62 bits per heavy atom. The molecule has 7 heteroatoms. The van der Waals surface area contributed by atoms with Crippen molar-refractivity contribution < 1.29 is 5.11 Å². The molecule has 1 heterocycles. The van der Waals surface area contributed by atoms with Crippen molar-refractivity contribution >= 4 is 17.8 Å². The zero-order valence-electron chi connectivity index (χ0n) is 15.8. The normalized spacial score (nSPS) is 10.7. The molecule has 0 bridgehead atoms. The Morgan fingerprint density at radius 1 is 0.708 bits per heavy atom. The Morgan fingerprint density at radius 2 is 1.17 bits per heavy atom. The molecule has 0 spiro atoms. The average molecular weight is 338 g/mol. The average Bonchev–Trinajstić information content (AvgIpc) is 2.56. The van der Waals surface area contributed by atoms with E-state index in [1.54, 1.807) is 0 Å². The molecule has 0 saturated heterocycles.